The molecule has 0 spiro atoms. The van der Waals surface area contributed by atoms with Gasteiger partial charge in [-0.3, -0.25) is 0 Å². The van der Waals surface area contributed by atoms with Crippen LogP contribution in [-0.2, 0) is 11.3 Å². The molecule has 0 aliphatic carbocycles. The average molecular weight is 221 g/mol. The molecule has 4 nitrogen and oxygen atoms in total. The van der Waals surface area contributed by atoms with Crippen LogP contribution < -0.4 is 5.73 Å². The first-order chi connectivity index (χ1) is 7.65. The van der Waals surface area contributed by atoms with Gasteiger partial charge in [-0.2, -0.15) is 0 Å². The number of pyridine rings is 1. The molecular weight excluding hydrogens is 202 g/mol. The predicted molar refractivity (Wildman–Crippen MR) is 64.2 cm³/mol. The van der Waals surface area contributed by atoms with Crippen LogP contribution >= 0.6 is 0 Å². The highest BCUT2D eigenvalue weighted by Gasteiger charge is 2.18. The van der Waals surface area contributed by atoms with Crippen LogP contribution in [0.3, 0.4) is 0 Å². The minimum Gasteiger partial charge on any atom is -0.384 e. The van der Waals surface area contributed by atoms with Crippen molar-refractivity contribution in [2.24, 2.45) is 0 Å². The van der Waals surface area contributed by atoms with E-state index >= 15 is 0 Å². The summed E-state index contributed by atoms with van der Waals surface area (Å²) in [6, 6.07) is 4.12. The molecule has 2 N–H and O–H groups in total. The summed E-state index contributed by atoms with van der Waals surface area (Å²) in [7, 11) is 4.06. The smallest absolute Gasteiger partial charge is 0.123 e. The van der Waals surface area contributed by atoms with Crippen LogP contribution in [0.5, 0.6) is 0 Å². The predicted octanol–water partition coefficient (Wildman–Crippen LogP) is 1.23. The van der Waals surface area contributed by atoms with Gasteiger partial charge < -0.3 is 15.4 Å². The Labute approximate surface area is 96.4 Å². The van der Waals surface area contributed by atoms with Crippen molar-refractivity contribution in [3.63, 3.8) is 0 Å². The van der Waals surface area contributed by atoms with Crippen LogP contribution in [0.1, 0.15) is 23.6 Å². The van der Waals surface area contributed by atoms with E-state index in [1.165, 1.54) is 5.56 Å². The topological polar surface area (TPSA) is 51.4 Å². The highest BCUT2D eigenvalue weighted by Crippen LogP contribution is 2.26. The lowest BCUT2D eigenvalue weighted by atomic mass is 9.98. The summed E-state index contributed by atoms with van der Waals surface area (Å²) < 4.78 is 5.40. The molecule has 1 saturated heterocycles. The maximum absolute atomic E-state index is 5.83. The summed E-state index contributed by atoms with van der Waals surface area (Å²) in [5.74, 6) is 1.10. The van der Waals surface area contributed by atoms with Crippen LogP contribution in [0.25, 0.3) is 0 Å². The third-order valence-electron chi connectivity index (χ3n) is 2.80. The van der Waals surface area contributed by atoms with E-state index < -0.39 is 0 Å². The molecule has 1 unspecified atom stereocenters. The average Bonchev–Trinajstić information content (AvgIpc) is 2.67. The third-order valence-corrected chi connectivity index (χ3v) is 2.80. The molecule has 0 saturated carbocycles. The van der Waals surface area contributed by atoms with Gasteiger partial charge in [-0.25, -0.2) is 4.98 Å². The van der Waals surface area contributed by atoms with Crippen LogP contribution in [0.15, 0.2) is 12.1 Å². The van der Waals surface area contributed by atoms with E-state index in [1.807, 2.05) is 20.2 Å². The number of nitrogens with two attached hydrogens (primary N) is 1. The number of ether oxygens (including phenoxy) is 1. The van der Waals surface area contributed by atoms with E-state index in [0.29, 0.717) is 11.7 Å². The van der Waals surface area contributed by atoms with Gasteiger partial charge in [0.2, 0.25) is 0 Å². The van der Waals surface area contributed by atoms with Crippen LogP contribution in [-0.4, -0.2) is 37.2 Å². The Morgan fingerprint density at radius 3 is 2.94 bits per heavy atom. The Kier molecular flexibility index (Phi) is 3.41. The molecule has 2 heterocycles. The zero-order valence-electron chi connectivity index (χ0n) is 9.94. The number of nitrogen functional groups attached to an aromatic ring is 1. The summed E-state index contributed by atoms with van der Waals surface area (Å²) in [6.07, 6.45) is 1.09. The largest absolute Gasteiger partial charge is 0.384 e. The van der Waals surface area contributed by atoms with E-state index in [0.717, 1.165) is 31.9 Å². The maximum Gasteiger partial charge on any atom is 0.123 e. The van der Waals surface area contributed by atoms with Gasteiger partial charge >= 0.3 is 0 Å². The van der Waals surface area contributed by atoms with Gasteiger partial charge in [0.05, 0.1) is 12.3 Å². The maximum atomic E-state index is 5.83. The Balaban J connectivity index is 2.20. The van der Waals surface area contributed by atoms with Gasteiger partial charge in [0.25, 0.3) is 0 Å². The number of nitrogens with zero attached hydrogens (tertiary/aromatic N) is 2. The van der Waals surface area contributed by atoms with Gasteiger partial charge in [-0.05, 0) is 38.2 Å². The number of anilines is 1. The second-order valence-corrected chi connectivity index (χ2v) is 4.61. The van der Waals surface area contributed by atoms with E-state index in [2.05, 4.69) is 16.0 Å². The zero-order chi connectivity index (χ0) is 11.5. The molecule has 1 aliphatic heterocycles. The van der Waals surface area contributed by atoms with E-state index in [9.17, 15) is 0 Å². The monoisotopic (exact) mass is 221 g/mol. The molecule has 1 atom stereocenters. The third kappa shape index (κ3) is 2.71. The lowest BCUT2D eigenvalue weighted by Gasteiger charge is -2.13. The van der Waals surface area contributed by atoms with Gasteiger partial charge in [-0.15, -0.1) is 0 Å². The normalized spacial score (nSPS) is 20.6. The Morgan fingerprint density at radius 1 is 1.50 bits per heavy atom. The molecule has 2 rings (SSSR count). The fourth-order valence-electron chi connectivity index (χ4n) is 2.07. The molecule has 1 fully saturated rings. The van der Waals surface area contributed by atoms with Crippen molar-refractivity contribution in [2.75, 3.05) is 33.0 Å². The van der Waals surface area contributed by atoms with E-state index in [1.54, 1.807) is 0 Å². The fraction of sp³-hybridized carbons (Fsp3) is 0.583. The van der Waals surface area contributed by atoms with Crippen LogP contribution in [0.2, 0.25) is 0 Å². The summed E-state index contributed by atoms with van der Waals surface area (Å²) >= 11 is 0. The lowest BCUT2D eigenvalue weighted by Crippen LogP contribution is -2.13. The quantitative estimate of drug-likeness (QED) is 0.834. The number of rotatable bonds is 3. The molecule has 88 valence electrons. The van der Waals surface area contributed by atoms with Gasteiger partial charge in [0, 0.05) is 19.1 Å². The molecule has 16 heavy (non-hydrogen) atoms. The Morgan fingerprint density at radius 2 is 2.31 bits per heavy atom. The SMILES string of the molecule is CN(C)Cc1cc(C2CCOC2)cc(N)n1. The summed E-state index contributed by atoms with van der Waals surface area (Å²) in [4.78, 5) is 6.43. The molecule has 0 bridgehead atoms. The Bertz CT molecular complexity index is 359. The number of hydrogen-bond donors (Lipinski definition) is 1. The minimum absolute atomic E-state index is 0.492. The highest BCUT2D eigenvalue weighted by molar-refractivity contribution is 5.37. The molecule has 0 amide bonds. The van der Waals surface area contributed by atoms with E-state index in [-0.39, 0.29) is 0 Å². The van der Waals surface area contributed by atoms with Crippen molar-refractivity contribution >= 4 is 5.82 Å². The van der Waals surface area contributed by atoms with Crippen LogP contribution in [0.4, 0.5) is 5.82 Å². The summed E-state index contributed by atoms with van der Waals surface area (Å²) in [6.45, 7) is 2.49. The zero-order valence-corrected chi connectivity index (χ0v) is 9.94. The Hall–Kier alpha value is -1.13. The molecule has 0 radical (unpaired) electrons. The molecule has 0 aromatic carbocycles. The van der Waals surface area contributed by atoms with Crippen molar-refractivity contribution in [2.45, 2.75) is 18.9 Å². The second kappa shape index (κ2) is 4.80. The molecule has 1 aliphatic rings. The van der Waals surface area contributed by atoms with Crippen molar-refractivity contribution in [1.82, 2.24) is 9.88 Å². The first-order valence-corrected chi connectivity index (χ1v) is 5.64. The minimum atomic E-state index is 0.492. The van der Waals surface area contributed by atoms with Crippen molar-refractivity contribution in [1.29, 1.82) is 0 Å². The first-order valence-electron chi connectivity index (χ1n) is 5.64. The second-order valence-electron chi connectivity index (χ2n) is 4.61. The van der Waals surface area contributed by atoms with Gasteiger partial charge in [0.1, 0.15) is 5.82 Å². The molecule has 1 aromatic rings. The van der Waals surface area contributed by atoms with Crippen molar-refractivity contribution in [3.8, 4) is 0 Å². The van der Waals surface area contributed by atoms with E-state index in [4.69, 9.17) is 10.5 Å². The number of aromatic nitrogens is 1. The lowest BCUT2D eigenvalue weighted by molar-refractivity contribution is 0.194. The summed E-state index contributed by atoms with van der Waals surface area (Å²) in [5, 5.41) is 0. The highest BCUT2D eigenvalue weighted by atomic mass is 16.5. The molecular formula is C12H19N3O. The van der Waals surface area contributed by atoms with Crippen LogP contribution in [0, 0.1) is 0 Å². The fourth-order valence-corrected chi connectivity index (χ4v) is 2.07. The van der Waals surface area contributed by atoms with Crippen molar-refractivity contribution in [3.05, 3.63) is 23.4 Å². The standard InChI is InChI=1S/C12H19N3O/c1-15(2)7-11-5-10(6-12(13)14-11)9-3-4-16-8-9/h5-6,9H,3-4,7-8H2,1-2H3,(H2,13,14). The van der Waals surface area contributed by atoms with Gasteiger partial charge in [0.15, 0.2) is 0 Å². The first kappa shape index (κ1) is 11.4. The molecule has 4 heteroatoms. The molecule has 1 aromatic heterocycles. The number of hydrogen-bond acceptors (Lipinski definition) is 4. The summed E-state index contributed by atoms with van der Waals surface area (Å²) in [5.41, 5.74) is 8.13. The van der Waals surface area contributed by atoms with Gasteiger partial charge in [-0.1, -0.05) is 0 Å². The van der Waals surface area contributed by atoms with Crippen molar-refractivity contribution < 1.29 is 4.74 Å².